The lowest BCUT2D eigenvalue weighted by Gasteiger charge is -2.25. The van der Waals surface area contributed by atoms with E-state index in [2.05, 4.69) is 10.3 Å². The third-order valence-electron chi connectivity index (χ3n) is 7.18. The van der Waals surface area contributed by atoms with Crippen molar-refractivity contribution in [3.63, 3.8) is 0 Å². The molecule has 3 aromatic carbocycles. The smallest absolute Gasteiger partial charge is 0.416 e. The lowest BCUT2D eigenvalue weighted by Crippen LogP contribution is -2.40. The second-order valence-corrected chi connectivity index (χ2v) is 11.2. The number of amides is 1. The van der Waals surface area contributed by atoms with Crippen LogP contribution in [0.3, 0.4) is 0 Å². The van der Waals surface area contributed by atoms with Gasteiger partial charge < -0.3 is 14.5 Å². The third-order valence-corrected chi connectivity index (χ3v) is 8.16. The largest absolute Gasteiger partial charge is 0.494 e. The van der Waals surface area contributed by atoms with Crippen molar-refractivity contribution in [3.8, 4) is 17.1 Å². The van der Waals surface area contributed by atoms with Crippen LogP contribution in [-0.2, 0) is 11.0 Å². The molecule has 5 aromatic rings. The van der Waals surface area contributed by atoms with Crippen LogP contribution in [0.5, 0.6) is 5.75 Å². The highest BCUT2D eigenvalue weighted by molar-refractivity contribution is 7.07. The number of aromatic nitrogens is 1. The highest BCUT2D eigenvalue weighted by atomic mass is 32.1. The first-order valence-corrected chi connectivity index (χ1v) is 14.8. The average molecular weight is 630 g/mol. The molecule has 0 radical (unpaired) electrons. The molecule has 45 heavy (non-hydrogen) atoms. The summed E-state index contributed by atoms with van der Waals surface area (Å²) in [4.78, 5) is 32.7. The summed E-state index contributed by atoms with van der Waals surface area (Å²) in [5.74, 6) is 0.762. The molecule has 1 aliphatic rings. The molecule has 228 valence electrons. The summed E-state index contributed by atoms with van der Waals surface area (Å²) in [6.45, 7) is 4.10. The number of nitrogens with one attached hydrogen (secondary N) is 1. The maximum absolute atomic E-state index is 14.0. The predicted octanol–water partition coefficient (Wildman–Crippen LogP) is 6.55. The number of halogens is 3. The van der Waals surface area contributed by atoms with Crippen molar-refractivity contribution in [2.45, 2.75) is 26.1 Å². The van der Waals surface area contributed by atoms with Gasteiger partial charge in [0.1, 0.15) is 17.3 Å². The SMILES string of the molecule is CCOc1ccc([C@@H]2C(C(=O)Nc3ccccc3)=C(C)N=c3s/c(=C\c4ccc(-c5cccc(C(F)(F)F)c5)o4)c(=O)n32)cc1. The van der Waals surface area contributed by atoms with Gasteiger partial charge in [-0.25, -0.2) is 4.99 Å². The molecule has 1 aliphatic heterocycles. The van der Waals surface area contributed by atoms with Gasteiger partial charge in [-0.1, -0.05) is 53.8 Å². The second-order valence-electron chi connectivity index (χ2n) is 10.2. The van der Waals surface area contributed by atoms with E-state index in [4.69, 9.17) is 9.15 Å². The fraction of sp³-hybridized carbons (Fsp3) is 0.147. The molecule has 7 nitrogen and oxygen atoms in total. The topological polar surface area (TPSA) is 85.8 Å². The molecule has 2 aromatic heterocycles. The summed E-state index contributed by atoms with van der Waals surface area (Å²) in [6.07, 6.45) is -2.96. The second kappa shape index (κ2) is 12.1. The highest BCUT2D eigenvalue weighted by Crippen LogP contribution is 2.34. The Morgan fingerprint density at radius 1 is 1.04 bits per heavy atom. The molecular weight excluding hydrogens is 603 g/mol. The number of alkyl halides is 3. The minimum atomic E-state index is -4.49. The molecule has 0 saturated carbocycles. The zero-order chi connectivity index (χ0) is 31.7. The van der Waals surface area contributed by atoms with E-state index >= 15 is 0 Å². The number of ether oxygens (including phenoxy) is 1. The zero-order valence-corrected chi connectivity index (χ0v) is 24.9. The Balaban J connectivity index is 1.42. The van der Waals surface area contributed by atoms with Crippen molar-refractivity contribution >= 4 is 29.0 Å². The Morgan fingerprint density at radius 2 is 1.80 bits per heavy atom. The molecule has 0 saturated heterocycles. The van der Waals surface area contributed by atoms with Crippen LogP contribution in [0.2, 0.25) is 0 Å². The summed E-state index contributed by atoms with van der Waals surface area (Å²) in [5.41, 5.74) is 1.12. The standard InChI is InChI=1S/C34H26F3N3O4S/c1-3-43-25-14-12-21(13-15-25)30-29(31(41)39-24-10-5-4-6-11-24)20(2)38-33-40(30)32(42)28(45-33)19-26-16-17-27(44-26)22-8-7-9-23(18-22)34(35,36)37/h4-19,30H,3H2,1-2H3,(H,39,41)/b28-19-/t30-/m1/s1. The number of hydrogen-bond acceptors (Lipinski definition) is 6. The zero-order valence-electron chi connectivity index (χ0n) is 24.1. The van der Waals surface area contributed by atoms with Crippen LogP contribution in [0.4, 0.5) is 18.9 Å². The Hall–Kier alpha value is -5.16. The molecule has 0 bridgehead atoms. The summed E-state index contributed by atoms with van der Waals surface area (Å²) in [6, 6.07) is 23.4. The molecule has 0 fully saturated rings. The van der Waals surface area contributed by atoms with Crippen LogP contribution >= 0.6 is 11.3 Å². The summed E-state index contributed by atoms with van der Waals surface area (Å²) in [7, 11) is 0. The molecule has 0 aliphatic carbocycles. The van der Waals surface area contributed by atoms with Crippen LogP contribution < -0.4 is 24.9 Å². The first kappa shape index (κ1) is 29.9. The first-order valence-electron chi connectivity index (χ1n) is 14.0. The fourth-order valence-corrected chi connectivity index (χ4v) is 6.15. The number of fused-ring (bicyclic) bond motifs is 1. The number of allylic oxidation sites excluding steroid dienone is 1. The Kier molecular flexibility index (Phi) is 8.03. The van der Waals surface area contributed by atoms with Gasteiger partial charge in [0, 0.05) is 17.3 Å². The van der Waals surface area contributed by atoms with Crippen molar-refractivity contribution in [1.29, 1.82) is 0 Å². The van der Waals surface area contributed by atoms with Crippen molar-refractivity contribution < 1.29 is 27.1 Å². The van der Waals surface area contributed by atoms with E-state index < -0.39 is 29.2 Å². The third kappa shape index (κ3) is 6.12. The number of para-hydroxylation sites is 1. The Morgan fingerprint density at radius 3 is 2.51 bits per heavy atom. The minimum Gasteiger partial charge on any atom is -0.494 e. The van der Waals surface area contributed by atoms with Crippen LogP contribution in [0, 0.1) is 0 Å². The van der Waals surface area contributed by atoms with Gasteiger partial charge in [0.25, 0.3) is 11.5 Å². The van der Waals surface area contributed by atoms with Crippen LogP contribution in [0.25, 0.3) is 17.4 Å². The van der Waals surface area contributed by atoms with Gasteiger partial charge in [-0.3, -0.25) is 14.2 Å². The van der Waals surface area contributed by atoms with Crippen LogP contribution in [0.1, 0.15) is 36.8 Å². The number of carbonyl (C=O) groups excluding carboxylic acids is 1. The molecule has 1 atom stereocenters. The Labute approximate surface area is 259 Å². The van der Waals surface area contributed by atoms with E-state index in [0.717, 1.165) is 23.5 Å². The quantitative estimate of drug-likeness (QED) is 0.221. The summed E-state index contributed by atoms with van der Waals surface area (Å²) < 4.78 is 52.9. The van der Waals surface area contributed by atoms with E-state index in [0.29, 0.717) is 39.7 Å². The normalized spacial score (nSPS) is 15.0. The molecule has 0 unspecified atom stereocenters. The van der Waals surface area contributed by atoms with Gasteiger partial charge in [0.05, 0.1) is 34.0 Å². The van der Waals surface area contributed by atoms with Gasteiger partial charge >= 0.3 is 6.18 Å². The van der Waals surface area contributed by atoms with Crippen LogP contribution in [-0.4, -0.2) is 17.1 Å². The van der Waals surface area contributed by atoms with Crippen molar-refractivity contribution in [2.75, 3.05) is 11.9 Å². The minimum absolute atomic E-state index is 0.225. The van der Waals surface area contributed by atoms with Gasteiger partial charge in [0.2, 0.25) is 0 Å². The van der Waals surface area contributed by atoms with Gasteiger partial charge in [-0.2, -0.15) is 13.2 Å². The summed E-state index contributed by atoms with van der Waals surface area (Å²) >= 11 is 1.13. The van der Waals surface area contributed by atoms with Crippen molar-refractivity contribution in [2.24, 2.45) is 4.99 Å². The lowest BCUT2D eigenvalue weighted by molar-refractivity contribution is -0.137. The number of furan rings is 1. The van der Waals surface area contributed by atoms with E-state index in [1.165, 1.54) is 22.8 Å². The number of thiazole rings is 1. The highest BCUT2D eigenvalue weighted by Gasteiger charge is 2.33. The molecule has 3 heterocycles. The van der Waals surface area contributed by atoms with Gasteiger partial charge in [0.15, 0.2) is 4.80 Å². The molecule has 1 amide bonds. The molecule has 6 rings (SSSR count). The van der Waals surface area contributed by atoms with Crippen molar-refractivity contribution in [3.05, 3.63) is 139 Å². The monoisotopic (exact) mass is 629 g/mol. The van der Waals surface area contributed by atoms with Gasteiger partial charge in [-0.05, 0) is 67.9 Å². The maximum Gasteiger partial charge on any atom is 0.416 e. The number of nitrogens with zero attached hydrogens (tertiary/aromatic N) is 2. The number of benzene rings is 3. The first-order chi connectivity index (χ1) is 21.6. The van der Waals surface area contributed by atoms with E-state index in [1.54, 1.807) is 43.3 Å². The number of anilines is 1. The predicted molar refractivity (Wildman–Crippen MR) is 166 cm³/mol. The van der Waals surface area contributed by atoms with E-state index in [1.807, 2.05) is 37.3 Å². The average Bonchev–Trinajstić information content (AvgIpc) is 3.61. The molecule has 0 spiro atoms. The number of hydrogen-bond donors (Lipinski definition) is 1. The van der Waals surface area contributed by atoms with Crippen molar-refractivity contribution in [1.82, 2.24) is 4.57 Å². The lowest BCUT2D eigenvalue weighted by atomic mass is 9.95. The molecular formula is C34H26F3N3O4S. The molecule has 1 N–H and O–H groups in total. The van der Waals surface area contributed by atoms with Gasteiger partial charge in [-0.15, -0.1) is 0 Å². The molecule has 11 heteroatoms. The maximum atomic E-state index is 14.0. The number of carbonyl (C=O) groups is 1. The van der Waals surface area contributed by atoms with Crippen LogP contribution in [0.15, 0.2) is 116 Å². The summed E-state index contributed by atoms with van der Waals surface area (Å²) in [5, 5.41) is 2.92. The van der Waals surface area contributed by atoms with E-state index in [-0.39, 0.29) is 21.6 Å². The van der Waals surface area contributed by atoms with E-state index in [9.17, 15) is 22.8 Å². The fourth-order valence-electron chi connectivity index (χ4n) is 5.12. The number of rotatable bonds is 7. The Bertz CT molecular complexity index is 2090.